The predicted molar refractivity (Wildman–Crippen MR) is 92.8 cm³/mol. The Morgan fingerprint density at radius 3 is 1.69 bits per heavy atom. The highest BCUT2D eigenvalue weighted by molar-refractivity contribution is 5.92. The highest BCUT2D eigenvalue weighted by Crippen LogP contribution is 2.06. The minimum absolute atomic E-state index is 0.264. The molecule has 0 atom stereocenters. The van der Waals surface area contributed by atoms with Gasteiger partial charge in [-0.1, -0.05) is 24.3 Å². The number of benzene rings is 1. The summed E-state index contributed by atoms with van der Waals surface area (Å²) >= 11 is 0. The van der Waals surface area contributed by atoms with Crippen LogP contribution < -0.4 is 10.6 Å². The summed E-state index contributed by atoms with van der Waals surface area (Å²) in [7, 11) is 0. The van der Waals surface area contributed by atoms with E-state index in [1.165, 1.54) is 37.2 Å². The zero-order valence-corrected chi connectivity index (χ0v) is 13.8. The summed E-state index contributed by atoms with van der Waals surface area (Å²) in [5, 5.41) is 5.57. The van der Waals surface area contributed by atoms with E-state index in [9.17, 15) is 9.59 Å². The fraction of sp³-hybridized carbons (Fsp3) is 0.111. The van der Waals surface area contributed by atoms with Gasteiger partial charge in [-0.25, -0.2) is 9.97 Å². The summed E-state index contributed by atoms with van der Waals surface area (Å²) in [6, 6.07) is 7.57. The van der Waals surface area contributed by atoms with Crippen LogP contribution in [0.5, 0.6) is 0 Å². The second-order valence-electron chi connectivity index (χ2n) is 5.37. The summed E-state index contributed by atoms with van der Waals surface area (Å²) in [5.74, 6) is -0.584. The second kappa shape index (κ2) is 8.43. The molecule has 26 heavy (non-hydrogen) atoms. The van der Waals surface area contributed by atoms with Crippen LogP contribution in [0.4, 0.5) is 0 Å². The van der Waals surface area contributed by atoms with Crippen molar-refractivity contribution in [2.24, 2.45) is 0 Å². The SMILES string of the molecule is O=C(NCc1cccc(CNC(=O)c2cnccn2)c1)c1cnccn1. The molecule has 2 heterocycles. The predicted octanol–water partition coefficient (Wildman–Crippen LogP) is 1.13. The summed E-state index contributed by atoms with van der Waals surface area (Å²) < 4.78 is 0. The average molecular weight is 348 g/mol. The quantitative estimate of drug-likeness (QED) is 0.691. The molecule has 3 rings (SSSR count). The van der Waals surface area contributed by atoms with Gasteiger partial charge in [-0.05, 0) is 11.1 Å². The Morgan fingerprint density at radius 1 is 0.769 bits per heavy atom. The summed E-state index contributed by atoms with van der Waals surface area (Å²) in [4.78, 5) is 39.6. The van der Waals surface area contributed by atoms with Crippen molar-refractivity contribution < 1.29 is 9.59 Å². The van der Waals surface area contributed by atoms with Crippen LogP contribution in [0.2, 0.25) is 0 Å². The highest BCUT2D eigenvalue weighted by Gasteiger charge is 2.08. The number of amides is 2. The van der Waals surface area contributed by atoms with E-state index in [1.807, 2.05) is 24.3 Å². The molecular formula is C18H16N6O2. The molecule has 0 aliphatic rings. The normalized spacial score (nSPS) is 10.2. The molecule has 0 bridgehead atoms. The van der Waals surface area contributed by atoms with E-state index in [4.69, 9.17) is 0 Å². The molecule has 2 amide bonds. The average Bonchev–Trinajstić information content (AvgIpc) is 2.72. The van der Waals surface area contributed by atoms with Crippen LogP contribution in [0.15, 0.2) is 61.4 Å². The van der Waals surface area contributed by atoms with E-state index in [-0.39, 0.29) is 23.2 Å². The summed E-state index contributed by atoms with van der Waals surface area (Å²) in [6.45, 7) is 0.697. The second-order valence-corrected chi connectivity index (χ2v) is 5.37. The van der Waals surface area contributed by atoms with Crippen molar-refractivity contribution in [3.8, 4) is 0 Å². The van der Waals surface area contributed by atoms with Gasteiger partial charge >= 0.3 is 0 Å². The van der Waals surface area contributed by atoms with Gasteiger partial charge in [0.2, 0.25) is 0 Å². The standard InChI is InChI=1S/C18H16N6O2/c25-17(15-11-19-4-6-21-15)23-9-13-2-1-3-14(8-13)10-24-18(26)16-12-20-5-7-22-16/h1-8,11-12H,9-10H2,(H,23,25)(H,24,26). The van der Waals surface area contributed by atoms with Crippen LogP contribution in [-0.2, 0) is 13.1 Å². The first-order chi connectivity index (χ1) is 12.7. The Bertz CT molecular complexity index is 816. The van der Waals surface area contributed by atoms with Gasteiger partial charge in [0.15, 0.2) is 0 Å². The molecule has 0 saturated carbocycles. The van der Waals surface area contributed by atoms with Crippen molar-refractivity contribution in [1.82, 2.24) is 30.6 Å². The molecule has 0 spiro atoms. The molecule has 3 aromatic rings. The van der Waals surface area contributed by atoms with Gasteiger partial charge in [0.1, 0.15) is 11.4 Å². The smallest absolute Gasteiger partial charge is 0.271 e. The first kappa shape index (κ1) is 17.2. The summed E-state index contributed by atoms with van der Waals surface area (Å²) in [6.07, 6.45) is 8.78. The van der Waals surface area contributed by atoms with Crippen LogP contribution in [0, 0.1) is 0 Å². The molecule has 0 fully saturated rings. The maximum absolute atomic E-state index is 12.0. The fourth-order valence-corrected chi connectivity index (χ4v) is 2.23. The molecule has 0 saturated heterocycles. The third-order valence-corrected chi connectivity index (χ3v) is 3.49. The number of aromatic nitrogens is 4. The van der Waals surface area contributed by atoms with Gasteiger partial charge < -0.3 is 10.6 Å². The van der Waals surface area contributed by atoms with E-state index >= 15 is 0 Å². The Morgan fingerprint density at radius 2 is 1.27 bits per heavy atom. The van der Waals surface area contributed by atoms with Crippen molar-refractivity contribution in [3.05, 3.63) is 84.0 Å². The van der Waals surface area contributed by atoms with Crippen LogP contribution in [0.25, 0.3) is 0 Å². The number of hydrogen-bond donors (Lipinski definition) is 2. The van der Waals surface area contributed by atoms with Crippen LogP contribution in [0.1, 0.15) is 32.1 Å². The van der Waals surface area contributed by atoms with Crippen LogP contribution in [-0.4, -0.2) is 31.8 Å². The molecule has 8 heteroatoms. The topological polar surface area (TPSA) is 110 Å². The Labute approximate surface area is 149 Å². The monoisotopic (exact) mass is 348 g/mol. The first-order valence-corrected chi connectivity index (χ1v) is 7.88. The van der Waals surface area contributed by atoms with Gasteiger partial charge in [0.25, 0.3) is 11.8 Å². The lowest BCUT2D eigenvalue weighted by atomic mass is 10.1. The molecule has 2 aromatic heterocycles. The number of carbonyl (C=O) groups is 2. The van der Waals surface area contributed by atoms with Crippen molar-refractivity contribution in [3.63, 3.8) is 0 Å². The van der Waals surface area contributed by atoms with Gasteiger partial charge in [-0.15, -0.1) is 0 Å². The third kappa shape index (κ3) is 4.67. The van der Waals surface area contributed by atoms with E-state index in [1.54, 1.807) is 0 Å². The number of carbonyl (C=O) groups excluding carboxylic acids is 2. The van der Waals surface area contributed by atoms with Gasteiger partial charge in [-0.2, -0.15) is 0 Å². The van der Waals surface area contributed by atoms with Crippen molar-refractivity contribution in [1.29, 1.82) is 0 Å². The zero-order chi connectivity index (χ0) is 18.2. The van der Waals surface area contributed by atoms with E-state index in [0.29, 0.717) is 13.1 Å². The van der Waals surface area contributed by atoms with E-state index in [0.717, 1.165) is 11.1 Å². The lowest BCUT2D eigenvalue weighted by molar-refractivity contribution is 0.0938. The van der Waals surface area contributed by atoms with Crippen LogP contribution >= 0.6 is 0 Å². The van der Waals surface area contributed by atoms with Gasteiger partial charge in [0.05, 0.1) is 12.4 Å². The number of hydrogen-bond acceptors (Lipinski definition) is 6. The molecule has 130 valence electrons. The molecular weight excluding hydrogens is 332 g/mol. The Kier molecular flexibility index (Phi) is 5.56. The lowest BCUT2D eigenvalue weighted by Gasteiger charge is -2.08. The van der Waals surface area contributed by atoms with Gasteiger partial charge in [0, 0.05) is 37.9 Å². The highest BCUT2D eigenvalue weighted by atomic mass is 16.2. The van der Waals surface area contributed by atoms with Crippen molar-refractivity contribution in [2.75, 3.05) is 0 Å². The number of rotatable bonds is 6. The number of nitrogens with zero attached hydrogens (tertiary/aromatic N) is 4. The van der Waals surface area contributed by atoms with E-state index in [2.05, 4.69) is 30.6 Å². The first-order valence-electron chi connectivity index (χ1n) is 7.88. The van der Waals surface area contributed by atoms with Crippen molar-refractivity contribution in [2.45, 2.75) is 13.1 Å². The fourth-order valence-electron chi connectivity index (χ4n) is 2.23. The molecule has 0 radical (unpaired) electrons. The Hall–Kier alpha value is -3.68. The number of nitrogens with one attached hydrogen (secondary N) is 2. The Balaban J connectivity index is 1.55. The molecule has 0 unspecified atom stereocenters. The zero-order valence-electron chi connectivity index (χ0n) is 13.8. The molecule has 8 nitrogen and oxygen atoms in total. The summed E-state index contributed by atoms with van der Waals surface area (Å²) in [5.41, 5.74) is 2.35. The third-order valence-electron chi connectivity index (χ3n) is 3.49. The minimum Gasteiger partial charge on any atom is -0.347 e. The largest absolute Gasteiger partial charge is 0.347 e. The minimum atomic E-state index is -0.292. The van der Waals surface area contributed by atoms with Crippen LogP contribution in [0.3, 0.4) is 0 Å². The molecule has 1 aromatic carbocycles. The van der Waals surface area contributed by atoms with Gasteiger partial charge in [-0.3, -0.25) is 19.6 Å². The molecule has 0 aliphatic carbocycles. The maximum Gasteiger partial charge on any atom is 0.271 e. The van der Waals surface area contributed by atoms with E-state index < -0.39 is 0 Å². The van der Waals surface area contributed by atoms with Crippen molar-refractivity contribution >= 4 is 11.8 Å². The lowest BCUT2D eigenvalue weighted by Crippen LogP contribution is -2.25. The maximum atomic E-state index is 12.0. The molecule has 2 N–H and O–H groups in total. The molecule has 0 aliphatic heterocycles.